The molecule has 1 amide bonds. The minimum absolute atomic E-state index is 0.168. The topological polar surface area (TPSA) is 42.0 Å². The molecule has 1 N–H and O–H groups in total. The lowest BCUT2D eigenvalue weighted by Crippen LogP contribution is -2.53. The number of carbonyl (C=O) groups is 1. The van der Waals surface area contributed by atoms with Gasteiger partial charge in [0.05, 0.1) is 10.2 Å². The van der Waals surface area contributed by atoms with E-state index in [1.165, 1.54) is 42.4 Å². The van der Waals surface area contributed by atoms with E-state index in [-0.39, 0.29) is 11.3 Å². The number of amides is 1. The number of thiazole rings is 1. The Kier molecular flexibility index (Phi) is 4.59. The first-order valence-electron chi connectivity index (χ1n) is 11.3. The first-order valence-corrected chi connectivity index (χ1v) is 12.9. The molecule has 2 unspecified atom stereocenters. The van der Waals surface area contributed by atoms with E-state index in [0.29, 0.717) is 10.7 Å². The molecule has 0 spiro atoms. The largest absolute Gasteiger partial charge is 0.326 e. The zero-order chi connectivity index (χ0) is 21.2. The van der Waals surface area contributed by atoms with Crippen LogP contribution < -0.4 is 5.32 Å². The van der Waals surface area contributed by atoms with Gasteiger partial charge in [-0.25, -0.2) is 4.98 Å². The van der Waals surface area contributed by atoms with Crippen LogP contribution in [0.1, 0.15) is 50.5 Å². The van der Waals surface area contributed by atoms with E-state index in [0.717, 1.165) is 40.0 Å². The van der Waals surface area contributed by atoms with Gasteiger partial charge in [0.1, 0.15) is 5.01 Å². The molecule has 31 heavy (non-hydrogen) atoms. The van der Waals surface area contributed by atoms with Gasteiger partial charge in [-0.15, -0.1) is 11.3 Å². The first kappa shape index (κ1) is 19.9. The monoisotopic (exact) mass is 494 g/mol. The van der Waals surface area contributed by atoms with Crippen molar-refractivity contribution in [1.29, 1.82) is 0 Å². The Hall–Kier alpha value is -1.72. The van der Waals surface area contributed by atoms with Gasteiger partial charge in [-0.1, -0.05) is 22.0 Å². The molecule has 3 aromatic rings. The summed E-state index contributed by atoms with van der Waals surface area (Å²) >= 11 is 5.78. The number of nitrogens with zero attached hydrogens (tertiary/aromatic N) is 1. The number of nitrogens with one attached hydrogen (secondary N) is 1. The maximum Gasteiger partial charge on any atom is 0.224 e. The van der Waals surface area contributed by atoms with E-state index in [1.807, 2.05) is 12.1 Å². The van der Waals surface area contributed by atoms with Gasteiger partial charge in [-0.05, 0) is 105 Å². The highest BCUT2D eigenvalue weighted by Crippen LogP contribution is 2.65. The number of halogens is 1. The van der Waals surface area contributed by atoms with Gasteiger partial charge >= 0.3 is 0 Å². The Morgan fingerprint density at radius 1 is 1.13 bits per heavy atom. The van der Waals surface area contributed by atoms with Gasteiger partial charge < -0.3 is 5.32 Å². The molecule has 4 bridgehead atoms. The molecule has 1 aromatic heterocycles. The second-order valence-electron chi connectivity index (χ2n) is 10.4. The lowest BCUT2D eigenvalue weighted by atomic mass is 9.48. The van der Waals surface area contributed by atoms with Crippen molar-refractivity contribution >= 4 is 49.1 Å². The Labute approximate surface area is 195 Å². The number of rotatable bonds is 4. The predicted molar refractivity (Wildman–Crippen MR) is 132 cm³/mol. The van der Waals surface area contributed by atoms with E-state index in [9.17, 15) is 4.79 Å². The molecule has 0 saturated heterocycles. The van der Waals surface area contributed by atoms with Gasteiger partial charge in [0.15, 0.2) is 0 Å². The predicted octanol–water partition coefficient (Wildman–Crippen LogP) is 7.33. The number of hydrogen-bond acceptors (Lipinski definition) is 3. The first-order chi connectivity index (χ1) is 14.9. The maximum atomic E-state index is 13.0. The molecule has 0 radical (unpaired) electrons. The number of alkyl halides is 1. The number of fused-ring (bicyclic) bond motifs is 1. The summed E-state index contributed by atoms with van der Waals surface area (Å²) in [6.45, 7) is 2.11. The van der Waals surface area contributed by atoms with Crippen molar-refractivity contribution in [2.24, 2.45) is 17.3 Å². The molecule has 2 atom stereocenters. The third-order valence-electron chi connectivity index (χ3n) is 7.61. The summed E-state index contributed by atoms with van der Waals surface area (Å²) < 4.78 is 1.52. The van der Waals surface area contributed by atoms with Crippen molar-refractivity contribution in [3.05, 3.63) is 48.0 Å². The van der Waals surface area contributed by atoms with Crippen LogP contribution in [-0.4, -0.2) is 15.2 Å². The van der Waals surface area contributed by atoms with Crippen LogP contribution in [0.15, 0.2) is 42.5 Å². The highest BCUT2D eigenvalue weighted by atomic mass is 79.9. The summed E-state index contributed by atoms with van der Waals surface area (Å²) in [5.41, 5.74) is 4.48. The second-order valence-corrected chi connectivity index (χ2v) is 13.1. The van der Waals surface area contributed by atoms with Crippen molar-refractivity contribution < 1.29 is 4.79 Å². The molecule has 2 aromatic carbocycles. The second kappa shape index (κ2) is 7.14. The van der Waals surface area contributed by atoms with Crippen molar-refractivity contribution in [3.8, 4) is 10.6 Å². The quantitative estimate of drug-likeness (QED) is 0.385. The van der Waals surface area contributed by atoms with Crippen LogP contribution in [-0.2, 0) is 4.79 Å². The minimum Gasteiger partial charge on any atom is -0.326 e. The summed E-state index contributed by atoms with van der Waals surface area (Å²) in [6, 6.07) is 14.5. The van der Waals surface area contributed by atoms with E-state index in [1.54, 1.807) is 11.3 Å². The Morgan fingerprint density at radius 2 is 1.87 bits per heavy atom. The highest BCUT2D eigenvalue weighted by molar-refractivity contribution is 9.10. The van der Waals surface area contributed by atoms with Crippen LogP contribution in [0.3, 0.4) is 0 Å². The Bertz CT molecular complexity index is 1150. The molecule has 7 rings (SSSR count). The third kappa shape index (κ3) is 3.74. The number of hydrogen-bond donors (Lipinski definition) is 1. The van der Waals surface area contributed by atoms with Crippen LogP contribution >= 0.6 is 27.3 Å². The van der Waals surface area contributed by atoms with E-state index in [4.69, 9.17) is 4.98 Å². The summed E-state index contributed by atoms with van der Waals surface area (Å²) in [4.78, 5) is 17.7. The normalized spacial score (nSPS) is 31.3. The van der Waals surface area contributed by atoms with E-state index in [2.05, 4.69) is 58.5 Å². The van der Waals surface area contributed by atoms with Crippen LogP contribution in [0, 0.1) is 24.2 Å². The average molecular weight is 495 g/mol. The molecule has 0 aliphatic heterocycles. The molecule has 3 nitrogen and oxygen atoms in total. The number of carbonyl (C=O) groups excluding carboxylic acids is 1. The molecule has 160 valence electrons. The van der Waals surface area contributed by atoms with Crippen molar-refractivity contribution in [2.45, 2.75) is 56.2 Å². The van der Waals surface area contributed by atoms with Crippen LogP contribution in [0.25, 0.3) is 20.8 Å². The standard InChI is InChI=1S/C26H27BrN2OS/c1-16-2-7-21-22(8-16)31-24(29-21)19-3-5-20(6-4-19)28-23(30)14-25-10-17-9-18(11-25)13-26(27,12-17)15-25/h2-8,17-18H,9-15H2,1H3,(H,28,30). The van der Waals surface area contributed by atoms with Crippen LogP contribution in [0.5, 0.6) is 0 Å². The summed E-state index contributed by atoms with van der Waals surface area (Å²) in [7, 11) is 0. The fourth-order valence-electron chi connectivity index (χ4n) is 6.94. The van der Waals surface area contributed by atoms with E-state index >= 15 is 0 Å². The molecular weight excluding hydrogens is 468 g/mol. The highest BCUT2D eigenvalue weighted by Gasteiger charge is 2.57. The maximum absolute atomic E-state index is 13.0. The minimum atomic E-state index is 0.168. The van der Waals surface area contributed by atoms with Crippen molar-refractivity contribution in [1.82, 2.24) is 4.98 Å². The van der Waals surface area contributed by atoms with Crippen molar-refractivity contribution in [2.75, 3.05) is 5.32 Å². The fraction of sp³-hybridized carbons (Fsp3) is 0.462. The molecule has 1 heterocycles. The van der Waals surface area contributed by atoms with Gasteiger partial charge in [0.2, 0.25) is 5.91 Å². The molecule has 4 aliphatic rings. The molecular formula is C26H27BrN2OS. The molecule has 5 heteroatoms. The Balaban J connectivity index is 1.15. The smallest absolute Gasteiger partial charge is 0.224 e. The van der Waals surface area contributed by atoms with Gasteiger partial charge in [-0.3, -0.25) is 4.79 Å². The van der Waals surface area contributed by atoms with Crippen LogP contribution in [0.2, 0.25) is 0 Å². The van der Waals surface area contributed by atoms with Crippen LogP contribution in [0.4, 0.5) is 5.69 Å². The lowest BCUT2D eigenvalue weighted by Gasteiger charge is -2.60. The summed E-state index contributed by atoms with van der Waals surface area (Å²) in [6.07, 6.45) is 8.28. The number of anilines is 1. The van der Waals surface area contributed by atoms with Gasteiger partial charge in [-0.2, -0.15) is 0 Å². The van der Waals surface area contributed by atoms with E-state index < -0.39 is 0 Å². The van der Waals surface area contributed by atoms with Gasteiger partial charge in [0, 0.05) is 22.0 Å². The zero-order valence-electron chi connectivity index (χ0n) is 17.8. The van der Waals surface area contributed by atoms with Gasteiger partial charge in [0.25, 0.3) is 0 Å². The number of aromatic nitrogens is 1. The fourth-order valence-corrected chi connectivity index (χ4v) is 9.52. The summed E-state index contributed by atoms with van der Waals surface area (Å²) in [5, 5.41) is 4.19. The molecule has 4 saturated carbocycles. The lowest BCUT2D eigenvalue weighted by molar-refractivity contribution is -0.123. The SMILES string of the molecule is Cc1ccc2nc(-c3ccc(NC(=O)CC45CC6CC(CC(Br)(C6)C4)C5)cc3)sc2c1. The van der Waals surface area contributed by atoms with Crippen molar-refractivity contribution in [3.63, 3.8) is 0 Å². The Morgan fingerprint density at radius 3 is 2.58 bits per heavy atom. The molecule has 4 aliphatic carbocycles. The third-order valence-corrected chi connectivity index (χ3v) is 9.60. The zero-order valence-corrected chi connectivity index (χ0v) is 20.2. The number of aryl methyl sites for hydroxylation is 1. The average Bonchev–Trinajstić information content (AvgIpc) is 3.09. The molecule has 4 fully saturated rings. The number of benzene rings is 2. The summed E-state index contributed by atoms with van der Waals surface area (Å²) in [5.74, 6) is 1.79.